The average molecular weight is 387 g/mol. The van der Waals surface area contributed by atoms with Crippen molar-refractivity contribution in [3.63, 3.8) is 0 Å². The third-order valence-electron chi connectivity index (χ3n) is 3.36. The first-order chi connectivity index (χ1) is 11.2. The fourth-order valence-electron chi connectivity index (χ4n) is 2.17. The molecule has 0 atom stereocenters. The second kappa shape index (κ2) is 7.62. The molecule has 0 bridgehead atoms. The molecule has 0 fully saturated rings. The summed E-state index contributed by atoms with van der Waals surface area (Å²) in [6.45, 7) is 0.523. The maximum atomic E-state index is 12.5. The smallest absolute Gasteiger partial charge is 0.269 e. The summed E-state index contributed by atoms with van der Waals surface area (Å²) in [5.74, 6) is 0.786. The van der Waals surface area contributed by atoms with E-state index < -0.39 is 0 Å². The highest BCUT2D eigenvalue weighted by atomic mass is 79.9. The van der Waals surface area contributed by atoms with Gasteiger partial charge in [0.15, 0.2) is 0 Å². The molecule has 0 unspecified atom stereocenters. The molecular formula is C18H15BrN2OS. The monoisotopic (exact) mass is 386 g/mol. The molecule has 0 aliphatic carbocycles. The minimum atomic E-state index is -0.0561. The Morgan fingerprint density at radius 2 is 1.57 bits per heavy atom. The topological polar surface area (TPSA) is 34.9 Å². The van der Waals surface area contributed by atoms with Crippen molar-refractivity contribution in [3.05, 3.63) is 92.9 Å². The Hall–Kier alpha value is -1.85. The number of aromatic nitrogens is 2. The van der Waals surface area contributed by atoms with Crippen LogP contribution in [-0.4, -0.2) is 9.55 Å². The van der Waals surface area contributed by atoms with E-state index in [4.69, 9.17) is 0 Å². The van der Waals surface area contributed by atoms with Crippen molar-refractivity contribution in [3.8, 4) is 0 Å². The molecule has 1 heterocycles. The first-order valence-corrected chi connectivity index (χ1v) is 8.97. The van der Waals surface area contributed by atoms with Crippen molar-refractivity contribution < 1.29 is 0 Å². The molecule has 23 heavy (non-hydrogen) atoms. The molecule has 116 valence electrons. The van der Waals surface area contributed by atoms with Gasteiger partial charge in [-0.05, 0) is 27.1 Å². The summed E-state index contributed by atoms with van der Waals surface area (Å²) in [5, 5.41) is 0.725. The van der Waals surface area contributed by atoms with Gasteiger partial charge >= 0.3 is 0 Å². The molecule has 3 aromatic rings. The van der Waals surface area contributed by atoms with Gasteiger partial charge in [0.05, 0.1) is 12.9 Å². The Morgan fingerprint density at radius 1 is 0.957 bits per heavy atom. The molecule has 3 rings (SSSR count). The Morgan fingerprint density at radius 3 is 2.22 bits per heavy atom. The van der Waals surface area contributed by atoms with Crippen molar-refractivity contribution in [2.75, 3.05) is 0 Å². The SMILES string of the molecule is O=c1c(Br)c(SCc2ccccc2)ncn1Cc1ccccc1. The van der Waals surface area contributed by atoms with Crippen molar-refractivity contribution in [2.24, 2.45) is 0 Å². The summed E-state index contributed by atoms with van der Waals surface area (Å²) in [4.78, 5) is 16.9. The first-order valence-electron chi connectivity index (χ1n) is 7.19. The summed E-state index contributed by atoms with van der Waals surface area (Å²) in [6, 6.07) is 20.0. The van der Waals surface area contributed by atoms with Gasteiger partial charge in [0.25, 0.3) is 5.56 Å². The lowest BCUT2D eigenvalue weighted by Gasteiger charge is -2.09. The molecule has 0 aliphatic rings. The van der Waals surface area contributed by atoms with Crippen molar-refractivity contribution in [1.82, 2.24) is 9.55 Å². The summed E-state index contributed by atoms with van der Waals surface area (Å²) >= 11 is 4.96. The number of nitrogens with zero attached hydrogens (tertiary/aromatic N) is 2. The van der Waals surface area contributed by atoms with Crippen LogP contribution >= 0.6 is 27.7 Å². The number of benzene rings is 2. The van der Waals surface area contributed by atoms with Gasteiger partial charge in [-0.3, -0.25) is 9.36 Å². The van der Waals surface area contributed by atoms with E-state index in [1.54, 1.807) is 22.7 Å². The van der Waals surface area contributed by atoms with E-state index in [1.807, 2.05) is 48.5 Å². The lowest BCUT2D eigenvalue weighted by Crippen LogP contribution is -2.22. The normalized spacial score (nSPS) is 10.7. The van der Waals surface area contributed by atoms with E-state index in [1.165, 1.54) is 5.56 Å². The van der Waals surface area contributed by atoms with Crippen LogP contribution in [0.3, 0.4) is 0 Å². The molecule has 2 aromatic carbocycles. The van der Waals surface area contributed by atoms with Gasteiger partial charge in [0.1, 0.15) is 9.50 Å². The molecule has 0 aliphatic heterocycles. The summed E-state index contributed by atoms with van der Waals surface area (Å²) in [7, 11) is 0. The van der Waals surface area contributed by atoms with E-state index in [0.717, 1.165) is 16.3 Å². The average Bonchev–Trinajstić information content (AvgIpc) is 2.60. The van der Waals surface area contributed by atoms with E-state index in [-0.39, 0.29) is 5.56 Å². The predicted molar refractivity (Wildman–Crippen MR) is 97.7 cm³/mol. The number of rotatable bonds is 5. The van der Waals surface area contributed by atoms with E-state index in [2.05, 4.69) is 33.0 Å². The van der Waals surface area contributed by atoms with E-state index in [9.17, 15) is 4.79 Å². The molecule has 0 saturated carbocycles. The zero-order valence-corrected chi connectivity index (χ0v) is 14.8. The van der Waals surface area contributed by atoms with Crippen LogP contribution < -0.4 is 5.56 Å². The minimum absolute atomic E-state index is 0.0561. The Balaban J connectivity index is 1.76. The Labute approximate surface area is 147 Å². The maximum absolute atomic E-state index is 12.5. The molecule has 0 radical (unpaired) electrons. The predicted octanol–water partition coefficient (Wildman–Crippen LogP) is 4.35. The number of thioether (sulfide) groups is 1. The van der Waals surface area contributed by atoms with Crippen molar-refractivity contribution >= 4 is 27.7 Å². The van der Waals surface area contributed by atoms with Crippen LogP contribution in [0, 0.1) is 0 Å². The Bertz CT molecular complexity index is 835. The van der Waals surface area contributed by atoms with Gasteiger partial charge in [-0.1, -0.05) is 60.7 Å². The highest BCUT2D eigenvalue weighted by molar-refractivity contribution is 9.10. The van der Waals surface area contributed by atoms with Crippen molar-refractivity contribution in [2.45, 2.75) is 17.3 Å². The summed E-state index contributed by atoms with van der Waals surface area (Å²) < 4.78 is 2.14. The van der Waals surface area contributed by atoms with Crippen LogP contribution in [0.25, 0.3) is 0 Å². The maximum Gasteiger partial charge on any atom is 0.269 e. The fourth-order valence-corrected chi connectivity index (χ4v) is 3.67. The molecule has 0 spiro atoms. The lowest BCUT2D eigenvalue weighted by molar-refractivity contribution is 0.713. The van der Waals surface area contributed by atoms with E-state index >= 15 is 0 Å². The quantitative estimate of drug-likeness (QED) is 0.482. The highest BCUT2D eigenvalue weighted by Crippen LogP contribution is 2.25. The van der Waals surface area contributed by atoms with Gasteiger partial charge in [-0.25, -0.2) is 4.98 Å². The third-order valence-corrected chi connectivity index (χ3v) is 5.40. The van der Waals surface area contributed by atoms with Crippen LogP contribution in [0.15, 0.2) is 81.3 Å². The molecule has 5 heteroatoms. The van der Waals surface area contributed by atoms with E-state index in [0.29, 0.717) is 11.0 Å². The number of halogens is 1. The van der Waals surface area contributed by atoms with Crippen LogP contribution in [0.4, 0.5) is 0 Å². The number of hydrogen-bond acceptors (Lipinski definition) is 3. The molecule has 3 nitrogen and oxygen atoms in total. The largest absolute Gasteiger partial charge is 0.294 e. The summed E-state index contributed by atoms with van der Waals surface area (Å²) in [5.41, 5.74) is 2.23. The standard InChI is InChI=1S/C18H15BrN2OS/c19-16-17(23-12-15-9-5-2-6-10-15)20-13-21(18(16)22)11-14-7-3-1-4-8-14/h1-10,13H,11-12H2. The van der Waals surface area contributed by atoms with Crippen LogP contribution in [0.1, 0.15) is 11.1 Å². The minimum Gasteiger partial charge on any atom is -0.294 e. The highest BCUT2D eigenvalue weighted by Gasteiger charge is 2.10. The molecular weight excluding hydrogens is 372 g/mol. The zero-order chi connectivity index (χ0) is 16.1. The molecule has 0 saturated heterocycles. The second-order valence-corrected chi connectivity index (χ2v) is 6.81. The Kier molecular flexibility index (Phi) is 5.31. The molecule has 0 N–H and O–H groups in total. The summed E-state index contributed by atoms with van der Waals surface area (Å²) in [6.07, 6.45) is 1.62. The number of hydrogen-bond donors (Lipinski definition) is 0. The first kappa shape index (κ1) is 16.0. The second-order valence-electron chi connectivity index (χ2n) is 5.06. The van der Waals surface area contributed by atoms with Crippen LogP contribution in [0.5, 0.6) is 0 Å². The van der Waals surface area contributed by atoms with Crippen LogP contribution in [-0.2, 0) is 12.3 Å². The fraction of sp³-hybridized carbons (Fsp3) is 0.111. The van der Waals surface area contributed by atoms with Gasteiger partial charge < -0.3 is 0 Å². The van der Waals surface area contributed by atoms with Gasteiger partial charge in [0.2, 0.25) is 0 Å². The lowest BCUT2D eigenvalue weighted by atomic mass is 10.2. The van der Waals surface area contributed by atoms with Crippen molar-refractivity contribution in [1.29, 1.82) is 0 Å². The molecule has 0 amide bonds. The van der Waals surface area contributed by atoms with Gasteiger partial charge in [0, 0.05) is 5.75 Å². The van der Waals surface area contributed by atoms with Gasteiger partial charge in [-0.15, -0.1) is 11.8 Å². The zero-order valence-electron chi connectivity index (χ0n) is 12.4. The van der Waals surface area contributed by atoms with Gasteiger partial charge in [-0.2, -0.15) is 0 Å². The molecule has 1 aromatic heterocycles. The van der Waals surface area contributed by atoms with Crippen LogP contribution in [0.2, 0.25) is 0 Å². The third kappa shape index (κ3) is 4.12.